The quantitative estimate of drug-likeness (QED) is 0.165. The highest BCUT2D eigenvalue weighted by Gasteiger charge is 2.20. The Morgan fingerprint density at radius 2 is 1.18 bits per heavy atom. The normalized spacial score (nSPS) is 13.5. The van der Waals surface area contributed by atoms with Crippen molar-refractivity contribution in [3.05, 3.63) is 166 Å². The van der Waals surface area contributed by atoms with Crippen molar-refractivity contribution >= 4 is 75.7 Å². The van der Waals surface area contributed by atoms with Crippen LogP contribution in [0.2, 0.25) is 0 Å². The molecule has 0 atom stereocenters. The monoisotopic (exact) mass is 739 g/mol. The molecule has 232 valence electrons. The van der Waals surface area contributed by atoms with E-state index in [1.54, 1.807) is 0 Å². The van der Waals surface area contributed by atoms with Crippen LogP contribution < -0.4 is 0 Å². The highest BCUT2D eigenvalue weighted by Crippen LogP contribution is 2.40. The largest absolute Gasteiger partial charge is 0.309 e. The van der Waals surface area contributed by atoms with Gasteiger partial charge in [0, 0.05) is 38.7 Å². The fraction of sp³-hybridized carbons (Fsp3) is 0.0222. The summed E-state index contributed by atoms with van der Waals surface area (Å²) in [6.07, 6.45) is 14.3. The molecule has 5 aromatic carbocycles. The Labute approximate surface area is 294 Å². The van der Waals surface area contributed by atoms with Gasteiger partial charge in [0.15, 0.2) is 0 Å². The molecule has 0 spiro atoms. The van der Waals surface area contributed by atoms with E-state index in [1.807, 2.05) is 0 Å². The van der Waals surface area contributed by atoms with Gasteiger partial charge in [-0.25, -0.2) is 0 Å². The summed E-state index contributed by atoms with van der Waals surface area (Å²) in [7, 11) is 0. The summed E-state index contributed by atoms with van der Waals surface area (Å²) >= 11 is -0.129. The van der Waals surface area contributed by atoms with Crippen LogP contribution in [0.1, 0.15) is 28.9 Å². The zero-order valence-electron chi connectivity index (χ0n) is 26.6. The first-order valence-electron chi connectivity index (χ1n) is 16.6. The third-order valence-corrected chi connectivity index (χ3v) is 11.5. The van der Waals surface area contributed by atoms with Crippen molar-refractivity contribution in [3.8, 4) is 33.6 Å². The summed E-state index contributed by atoms with van der Waals surface area (Å²) in [6, 6.07) is 44.2. The molecule has 3 aromatic heterocycles. The first-order valence-corrected chi connectivity index (χ1v) is 19.1. The van der Waals surface area contributed by atoms with Crippen LogP contribution in [0.3, 0.4) is 0 Å². The molecule has 0 bridgehead atoms. The van der Waals surface area contributed by atoms with E-state index in [4.69, 9.17) is 4.98 Å². The van der Waals surface area contributed by atoms with Gasteiger partial charge in [-0.05, 0) is 104 Å². The van der Waals surface area contributed by atoms with Gasteiger partial charge in [0.2, 0.25) is 0 Å². The number of hydrogen-bond acceptors (Lipinski definition) is 1. The maximum Gasteiger partial charge on any atom is 0.0731 e. The maximum absolute atomic E-state index is 4.90. The van der Waals surface area contributed by atoms with Gasteiger partial charge in [-0.3, -0.25) is 4.98 Å². The van der Waals surface area contributed by atoms with Crippen molar-refractivity contribution in [2.24, 2.45) is 0 Å². The zero-order chi connectivity index (χ0) is 32.3. The number of allylic oxidation sites excluding steroid dienone is 2. The number of benzene rings is 5. The molecular formula is C45H30IN3. The van der Waals surface area contributed by atoms with Crippen molar-refractivity contribution in [1.82, 2.24) is 14.1 Å². The SMILES string of the molecule is C1=Cc2c(n(-c3ccccc3)c3ccc(-c4cccc(-c5ccc6c(c5)c5c7c(ncc5n6-c5ccccc5)C=CI=C7)c4)cc23)C=CC1. The molecule has 0 saturated heterocycles. The Balaban J connectivity index is 1.13. The van der Waals surface area contributed by atoms with E-state index in [9.17, 15) is 0 Å². The lowest BCUT2D eigenvalue weighted by Gasteiger charge is -2.10. The molecule has 2 aliphatic rings. The summed E-state index contributed by atoms with van der Waals surface area (Å²) in [4.78, 5) is 4.90. The maximum atomic E-state index is 4.90. The van der Waals surface area contributed by atoms with E-state index in [2.05, 4.69) is 175 Å². The lowest BCUT2D eigenvalue weighted by Crippen LogP contribution is -1.97. The Kier molecular flexibility index (Phi) is 6.69. The van der Waals surface area contributed by atoms with Crippen LogP contribution in [-0.4, -0.2) is 18.1 Å². The van der Waals surface area contributed by atoms with Crippen LogP contribution in [0.15, 0.2) is 144 Å². The van der Waals surface area contributed by atoms with Crippen LogP contribution in [0.4, 0.5) is 0 Å². The van der Waals surface area contributed by atoms with Gasteiger partial charge in [0.1, 0.15) is 0 Å². The molecule has 49 heavy (non-hydrogen) atoms. The van der Waals surface area contributed by atoms with Gasteiger partial charge in [-0.2, -0.15) is 0 Å². The fourth-order valence-electron chi connectivity index (χ4n) is 7.55. The Morgan fingerprint density at radius 3 is 1.94 bits per heavy atom. The average Bonchev–Trinajstić information content (AvgIpc) is 3.55. The minimum Gasteiger partial charge on any atom is -0.309 e. The van der Waals surface area contributed by atoms with E-state index < -0.39 is 0 Å². The van der Waals surface area contributed by atoms with Gasteiger partial charge >= 0.3 is 0 Å². The number of fused-ring (bicyclic) bond motifs is 8. The third-order valence-electron chi connectivity index (χ3n) is 9.78. The minimum absolute atomic E-state index is 0.129. The predicted octanol–water partition coefficient (Wildman–Crippen LogP) is 12.0. The number of pyridine rings is 1. The fourth-order valence-corrected chi connectivity index (χ4v) is 9.30. The van der Waals surface area contributed by atoms with Crippen LogP contribution in [0.5, 0.6) is 0 Å². The number of rotatable bonds is 4. The van der Waals surface area contributed by atoms with Crippen LogP contribution in [0.25, 0.3) is 84.6 Å². The minimum atomic E-state index is -0.129. The van der Waals surface area contributed by atoms with Crippen molar-refractivity contribution < 1.29 is 0 Å². The standard InChI is InChI=1S/C45H30IN3/c1-4-13-34(14-5-1)48-41-18-9-3-8-17-36(41)37-26-32(19-21-42(37)48)30-11-10-12-31(25-30)33-20-22-43-38(27-33)45-39-28-46-24-23-40(39)47-29-44(45)49(43)35-15-6-2-7-16-35/h1-2,4-29H,3H2. The molecule has 1 aliphatic heterocycles. The predicted molar refractivity (Wildman–Crippen MR) is 217 cm³/mol. The average molecular weight is 740 g/mol. The van der Waals surface area contributed by atoms with Gasteiger partial charge in [0.25, 0.3) is 0 Å². The number of hydrogen-bond donors (Lipinski definition) is 0. The first kappa shape index (κ1) is 28.4. The Hall–Kier alpha value is -5.59. The molecule has 10 rings (SSSR count). The molecule has 3 nitrogen and oxygen atoms in total. The van der Waals surface area contributed by atoms with Gasteiger partial charge < -0.3 is 9.13 Å². The summed E-state index contributed by atoms with van der Waals surface area (Å²) in [5.41, 5.74) is 15.6. The highest BCUT2D eigenvalue weighted by atomic mass is 127. The molecule has 4 heterocycles. The van der Waals surface area contributed by atoms with Gasteiger partial charge in [-0.15, -0.1) is 0 Å². The second kappa shape index (κ2) is 11.5. The van der Waals surface area contributed by atoms with Crippen molar-refractivity contribution in [2.45, 2.75) is 6.42 Å². The van der Waals surface area contributed by atoms with Crippen LogP contribution in [0, 0.1) is 0 Å². The lowest BCUT2D eigenvalue weighted by atomic mass is 9.96. The molecule has 8 aromatic rings. The van der Waals surface area contributed by atoms with E-state index in [1.165, 1.54) is 72.0 Å². The smallest absolute Gasteiger partial charge is 0.0731 e. The zero-order valence-corrected chi connectivity index (χ0v) is 28.8. The lowest BCUT2D eigenvalue weighted by molar-refractivity contribution is 1.10. The van der Waals surface area contributed by atoms with Gasteiger partial charge in [0.05, 0.1) is 34.1 Å². The molecule has 0 fully saturated rings. The summed E-state index contributed by atoms with van der Waals surface area (Å²) in [5, 5.41) is 3.83. The second-order valence-corrected chi connectivity index (χ2v) is 14.6. The number of halogens is 1. The molecule has 0 N–H and O–H groups in total. The van der Waals surface area contributed by atoms with Crippen LogP contribution >= 0.6 is 20.7 Å². The van der Waals surface area contributed by atoms with Crippen molar-refractivity contribution in [3.63, 3.8) is 0 Å². The molecule has 0 amide bonds. The van der Waals surface area contributed by atoms with E-state index in [-0.39, 0.29) is 20.7 Å². The highest BCUT2D eigenvalue weighted by molar-refractivity contribution is 14.2. The molecule has 4 heteroatoms. The Morgan fingerprint density at radius 1 is 0.531 bits per heavy atom. The number of aromatic nitrogens is 3. The van der Waals surface area contributed by atoms with Crippen LogP contribution in [-0.2, 0) is 0 Å². The molecule has 0 unspecified atom stereocenters. The Bertz CT molecular complexity index is 2720. The number of para-hydroxylation sites is 2. The summed E-state index contributed by atoms with van der Waals surface area (Å²) in [5.74, 6) is 0. The molecule has 0 radical (unpaired) electrons. The first-order chi connectivity index (χ1) is 24.3. The topological polar surface area (TPSA) is 22.8 Å². The van der Waals surface area contributed by atoms with Crippen molar-refractivity contribution in [1.29, 1.82) is 0 Å². The van der Waals surface area contributed by atoms with E-state index in [0.29, 0.717) is 0 Å². The molecule has 0 saturated carbocycles. The summed E-state index contributed by atoms with van der Waals surface area (Å²) < 4.78 is 9.48. The number of nitrogens with zero attached hydrogens (tertiary/aromatic N) is 3. The summed E-state index contributed by atoms with van der Waals surface area (Å²) in [6.45, 7) is 0. The van der Waals surface area contributed by atoms with Gasteiger partial charge in [-0.1, -0.05) is 106 Å². The second-order valence-electron chi connectivity index (χ2n) is 12.6. The van der Waals surface area contributed by atoms with Crippen molar-refractivity contribution in [2.75, 3.05) is 0 Å². The van der Waals surface area contributed by atoms with E-state index in [0.717, 1.165) is 23.3 Å². The third kappa shape index (κ3) is 4.62. The van der Waals surface area contributed by atoms with E-state index >= 15 is 0 Å². The molecule has 1 aliphatic carbocycles. The molecular weight excluding hydrogens is 709 g/mol.